The molecule has 0 heterocycles. The van der Waals surface area contributed by atoms with Gasteiger partial charge in [0.15, 0.2) is 0 Å². The van der Waals surface area contributed by atoms with E-state index in [1.165, 1.54) is 95.3 Å². The minimum Gasteiger partial charge on any atom is -0.498 e. The fourth-order valence-electron chi connectivity index (χ4n) is 7.68. The molecule has 13 nitrogen and oxygen atoms in total. The zero-order valence-electron chi connectivity index (χ0n) is 45.3. The second-order valence-electron chi connectivity index (χ2n) is 18.9. The quantitative estimate of drug-likeness (QED) is 0.0154. The van der Waals surface area contributed by atoms with Gasteiger partial charge in [-0.1, -0.05) is 183 Å². The van der Waals surface area contributed by atoms with Crippen molar-refractivity contribution in [3.63, 3.8) is 0 Å². The summed E-state index contributed by atoms with van der Waals surface area (Å²) in [4.78, 5) is 73.9. The molecule has 0 fully saturated rings. The zero-order valence-corrected chi connectivity index (χ0v) is 45.3. The van der Waals surface area contributed by atoms with Gasteiger partial charge in [0.1, 0.15) is 12.8 Å². The summed E-state index contributed by atoms with van der Waals surface area (Å²) < 4.78 is 26.9. The smallest absolute Gasteiger partial charge is 0.305 e. The predicted octanol–water partition coefficient (Wildman–Crippen LogP) is 13.4. The number of ether oxygens (including phenoxy) is 5. The van der Waals surface area contributed by atoms with E-state index >= 15 is 0 Å². The van der Waals surface area contributed by atoms with Gasteiger partial charge in [-0.05, 0) is 38.5 Å². The van der Waals surface area contributed by atoms with E-state index in [1.54, 1.807) is 0 Å². The average Bonchev–Trinajstić information content (AvgIpc) is 3.33. The first kappa shape index (κ1) is 67.4. The molecular weight excluding hydrogens is 877 g/mol. The molecule has 0 aliphatic rings. The van der Waals surface area contributed by atoms with Gasteiger partial charge in [-0.2, -0.15) is 0 Å². The molecule has 0 aliphatic carbocycles. The van der Waals surface area contributed by atoms with Crippen LogP contribution in [0.2, 0.25) is 0 Å². The van der Waals surface area contributed by atoms with E-state index in [4.69, 9.17) is 23.7 Å². The summed E-state index contributed by atoms with van der Waals surface area (Å²) in [6, 6.07) is 0. The molecule has 0 rings (SSSR count). The third-order valence-corrected chi connectivity index (χ3v) is 12.2. The SMILES string of the molecule is C=C(CCCCCCCC)OCC(CC)COC(=O)CCCCCCCC.CCCCCCCCC(=O)OCC(COC(=O)CCCCCCCC)CC(=O)NC(CCC)N(CCOC=O)C(C)=O. The Labute approximate surface area is 421 Å². The van der Waals surface area contributed by atoms with Crippen LogP contribution in [0, 0.1) is 11.8 Å². The molecule has 0 saturated heterocycles. The van der Waals surface area contributed by atoms with Crippen LogP contribution in [-0.2, 0) is 52.5 Å². The lowest BCUT2D eigenvalue weighted by Gasteiger charge is -2.31. The average molecular weight is 981 g/mol. The number of carbonyl (C=O) groups is 6. The number of carbonyl (C=O) groups excluding carboxylic acids is 6. The fraction of sp³-hybridized carbons (Fsp3) is 0.857. The van der Waals surface area contributed by atoms with Crippen LogP contribution in [0.5, 0.6) is 0 Å². The minimum atomic E-state index is -0.582. The van der Waals surface area contributed by atoms with Gasteiger partial charge < -0.3 is 33.9 Å². The van der Waals surface area contributed by atoms with E-state index in [-0.39, 0.29) is 68.4 Å². The third-order valence-electron chi connectivity index (χ3n) is 12.2. The lowest BCUT2D eigenvalue weighted by atomic mass is 10.1. The van der Waals surface area contributed by atoms with E-state index in [2.05, 4.69) is 46.5 Å². The van der Waals surface area contributed by atoms with Crippen LogP contribution in [0.4, 0.5) is 0 Å². The van der Waals surface area contributed by atoms with E-state index in [9.17, 15) is 28.8 Å². The van der Waals surface area contributed by atoms with Crippen LogP contribution >= 0.6 is 0 Å². The molecule has 0 bridgehead atoms. The molecule has 2 unspecified atom stereocenters. The van der Waals surface area contributed by atoms with Gasteiger partial charge >= 0.3 is 17.9 Å². The molecular formula is C56H104N2O11. The second kappa shape index (κ2) is 50.7. The highest BCUT2D eigenvalue weighted by atomic mass is 16.6. The fourth-order valence-corrected chi connectivity index (χ4v) is 7.68. The van der Waals surface area contributed by atoms with Crippen LogP contribution in [0.3, 0.4) is 0 Å². The molecule has 2 amide bonds. The summed E-state index contributed by atoms with van der Waals surface area (Å²) >= 11 is 0. The standard InChI is InChI=1S/C32H58N2O8.C24H46O3/c1-5-8-10-12-14-16-19-31(38)41-24-28(25-42-32(39)20-17-15-13-11-9-6-2)23-30(37)33-29(18-7-3)34(27(4)36)21-22-40-26-35;1-5-8-10-12-14-16-18-22(4)26-20-23(7-3)21-27-24(25)19-17-15-13-11-9-6-2/h26,28-29H,5-25H2,1-4H3,(H,33,37);23H,4-21H2,1-3H3. The first-order valence-corrected chi connectivity index (χ1v) is 27.8. The van der Waals surface area contributed by atoms with Gasteiger partial charge in [0, 0.05) is 50.9 Å². The highest BCUT2D eigenvalue weighted by molar-refractivity contribution is 5.78. The van der Waals surface area contributed by atoms with Gasteiger partial charge in [-0.25, -0.2) is 0 Å². The summed E-state index contributed by atoms with van der Waals surface area (Å²) in [5.74, 6) is -0.686. The molecule has 0 spiro atoms. The number of rotatable bonds is 48. The summed E-state index contributed by atoms with van der Waals surface area (Å²) in [5.41, 5.74) is 0. The number of hydrogen-bond donors (Lipinski definition) is 1. The van der Waals surface area contributed by atoms with Crippen LogP contribution in [-0.4, -0.2) is 86.8 Å². The Hall–Kier alpha value is -3.64. The summed E-state index contributed by atoms with van der Waals surface area (Å²) in [6.45, 7) is 19.8. The predicted molar refractivity (Wildman–Crippen MR) is 278 cm³/mol. The molecule has 404 valence electrons. The van der Waals surface area contributed by atoms with Gasteiger partial charge in [-0.15, -0.1) is 0 Å². The van der Waals surface area contributed by atoms with Gasteiger partial charge in [0.2, 0.25) is 11.8 Å². The van der Waals surface area contributed by atoms with Crippen molar-refractivity contribution in [3.8, 4) is 0 Å². The van der Waals surface area contributed by atoms with E-state index < -0.39 is 12.1 Å². The Balaban J connectivity index is 0. The number of unbranched alkanes of at least 4 members (excludes halogenated alkanes) is 20. The maximum absolute atomic E-state index is 13.1. The van der Waals surface area contributed by atoms with Crippen LogP contribution in [0.1, 0.15) is 254 Å². The van der Waals surface area contributed by atoms with Crippen molar-refractivity contribution < 1.29 is 52.5 Å². The normalized spacial score (nSPS) is 11.7. The minimum absolute atomic E-state index is 0.0188. The lowest BCUT2D eigenvalue weighted by molar-refractivity contribution is -0.151. The molecule has 0 aromatic rings. The topological polar surface area (TPSA) is 164 Å². The summed E-state index contributed by atoms with van der Waals surface area (Å²) in [6.07, 6.45) is 31.2. The molecule has 69 heavy (non-hydrogen) atoms. The van der Waals surface area contributed by atoms with Gasteiger partial charge in [0.25, 0.3) is 6.47 Å². The Morgan fingerprint density at radius 2 is 0.884 bits per heavy atom. The molecule has 2 atom stereocenters. The monoisotopic (exact) mass is 981 g/mol. The van der Waals surface area contributed by atoms with Crippen LogP contribution in [0.25, 0.3) is 0 Å². The first-order valence-electron chi connectivity index (χ1n) is 27.8. The largest absolute Gasteiger partial charge is 0.498 e. The third kappa shape index (κ3) is 45.3. The summed E-state index contributed by atoms with van der Waals surface area (Å²) in [5, 5.41) is 2.89. The molecule has 0 aromatic heterocycles. The molecule has 0 saturated carbocycles. The molecule has 0 radical (unpaired) electrons. The van der Waals surface area contributed by atoms with E-state index in [1.807, 2.05) is 6.92 Å². The second-order valence-corrected chi connectivity index (χ2v) is 18.9. The van der Waals surface area contributed by atoms with E-state index in [0.29, 0.717) is 51.8 Å². The maximum Gasteiger partial charge on any atom is 0.305 e. The molecule has 0 aromatic carbocycles. The number of allylic oxidation sites excluding steroid dienone is 1. The number of amides is 2. The zero-order chi connectivity index (χ0) is 51.6. The van der Waals surface area contributed by atoms with Gasteiger partial charge in [0.05, 0.1) is 38.7 Å². The lowest BCUT2D eigenvalue weighted by Crippen LogP contribution is -2.51. The first-order chi connectivity index (χ1) is 33.4. The Morgan fingerprint density at radius 1 is 0.507 bits per heavy atom. The Kier molecular flexibility index (Phi) is 49.6. The van der Waals surface area contributed by atoms with Crippen molar-refractivity contribution in [1.29, 1.82) is 0 Å². The van der Waals surface area contributed by atoms with Crippen molar-refractivity contribution in [3.05, 3.63) is 12.3 Å². The van der Waals surface area contributed by atoms with Crippen molar-refractivity contribution in [2.75, 3.05) is 39.6 Å². The maximum atomic E-state index is 13.1. The molecule has 0 aliphatic heterocycles. The van der Waals surface area contributed by atoms with Crippen LogP contribution in [0.15, 0.2) is 12.3 Å². The van der Waals surface area contributed by atoms with Crippen molar-refractivity contribution in [2.24, 2.45) is 11.8 Å². The van der Waals surface area contributed by atoms with Gasteiger partial charge in [-0.3, -0.25) is 28.8 Å². The highest BCUT2D eigenvalue weighted by Gasteiger charge is 2.25. The van der Waals surface area contributed by atoms with Crippen molar-refractivity contribution in [2.45, 2.75) is 260 Å². The molecule has 1 N–H and O–H groups in total. The summed E-state index contributed by atoms with van der Waals surface area (Å²) in [7, 11) is 0. The highest BCUT2D eigenvalue weighted by Crippen LogP contribution is 2.16. The number of esters is 3. The number of hydrogen-bond acceptors (Lipinski definition) is 11. The Bertz CT molecular complexity index is 1210. The Morgan fingerprint density at radius 3 is 1.26 bits per heavy atom. The van der Waals surface area contributed by atoms with E-state index in [0.717, 1.165) is 89.2 Å². The molecule has 13 heteroatoms. The number of nitrogens with one attached hydrogen (secondary N) is 1. The van der Waals surface area contributed by atoms with Crippen LogP contribution < -0.4 is 5.32 Å². The van der Waals surface area contributed by atoms with Crippen molar-refractivity contribution in [1.82, 2.24) is 10.2 Å². The number of nitrogens with zero attached hydrogens (tertiary/aromatic N) is 1. The van der Waals surface area contributed by atoms with Crippen molar-refractivity contribution >= 4 is 36.2 Å².